The van der Waals surface area contributed by atoms with Gasteiger partial charge >= 0.3 is 0 Å². The number of non-ortho nitro benzene ring substituents is 1. The number of nitrogens with one attached hydrogen (secondary N) is 2. The van der Waals surface area contributed by atoms with E-state index in [0.717, 1.165) is 41.8 Å². The van der Waals surface area contributed by atoms with Crippen molar-refractivity contribution < 1.29 is 23.9 Å². The Bertz CT molecular complexity index is 1480. The summed E-state index contributed by atoms with van der Waals surface area (Å²) in [7, 11) is 1.58. The fourth-order valence-corrected chi connectivity index (χ4v) is 5.13. The molecule has 1 amide bonds. The number of amides is 1. The Morgan fingerprint density at radius 2 is 1.90 bits per heavy atom. The van der Waals surface area contributed by atoms with Gasteiger partial charge in [0.25, 0.3) is 5.69 Å². The number of nitro benzene ring substituents is 1. The number of fused-ring (bicyclic) bond motifs is 1. The molecule has 4 aromatic rings. The quantitative estimate of drug-likeness (QED) is 0.192. The van der Waals surface area contributed by atoms with Gasteiger partial charge in [0, 0.05) is 67.8 Å². The zero-order valence-electron chi connectivity index (χ0n) is 23.0. The Kier molecular flexibility index (Phi) is 9.12. The van der Waals surface area contributed by atoms with Crippen molar-refractivity contribution in [1.82, 2.24) is 15.2 Å². The van der Waals surface area contributed by atoms with Crippen LogP contribution < -0.4 is 14.8 Å². The van der Waals surface area contributed by atoms with Gasteiger partial charge in [-0.2, -0.15) is 0 Å². The van der Waals surface area contributed by atoms with E-state index in [-0.39, 0.29) is 23.9 Å². The number of aromatic nitrogens is 1. The Labute approximate surface area is 238 Å². The third kappa shape index (κ3) is 7.03. The van der Waals surface area contributed by atoms with E-state index in [2.05, 4.69) is 15.2 Å². The van der Waals surface area contributed by atoms with Crippen molar-refractivity contribution in [2.75, 3.05) is 46.5 Å². The summed E-state index contributed by atoms with van der Waals surface area (Å²) in [6.07, 6.45) is 1.98. The second-order valence-corrected chi connectivity index (χ2v) is 9.98. The number of ether oxygens (including phenoxy) is 3. The topological polar surface area (TPSA) is 119 Å². The van der Waals surface area contributed by atoms with Gasteiger partial charge in [-0.1, -0.05) is 36.4 Å². The van der Waals surface area contributed by atoms with Crippen LogP contribution in [0.1, 0.15) is 29.0 Å². The van der Waals surface area contributed by atoms with Gasteiger partial charge in [0.05, 0.1) is 25.2 Å². The number of methoxy groups -OCH3 is 1. The molecule has 1 saturated heterocycles. The maximum absolute atomic E-state index is 13.2. The lowest BCUT2D eigenvalue weighted by atomic mass is 9.87. The van der Waals surface area contributed by atoms with Gasteiger partial charge in [0.1, 0.15) is 6.61 Å². The van der Waals surface area contributed by atoms with Gasteiger partial charge in [-0.15, -0.1) is 0 Å². The second kappa shape index (κ2) is 13.3. The highest BCUT2D eigenvalue weighted by atomic mass is 16.6. The van der Waals surface area contributed by atoms with Crippen molar-refractivity contribution in [2.45, 2.75) is 18.9 Å². The molecule has 0 bridgehead atoms. The maximum atomic E-state index is 13.2. The van der Waals surface area contributed by atoms with Crippen LogP contribution in [0.4, 0.5) is 5.69 Å². The number of benzene rings is 3. The Balaban J connectivity index is 1.40. The molecule has 1 fully saturated rings. The Hall–Kier alpha value is -4.41. The van der Waals surface area contributed by atoms with Crippen molar-refractivity contribution in [1.29, 1.82) is 0 Å². The predicted molar refractivity (Wildman–Crippen MR) is 155 cm³/mol. The molecule has 0 aliphatic carbocycles. The number of carbonyl (C=O) groups is 1. The zero-order valence-corrected chi connectivity index (χ0v) is 23.0. The largest absolute Gasteiger partial charge is 0.493 e. The summed E-state index contributed by atoms with van der Waals surface area (Å²) in [6.45, 7) is 4.78. The highest BCUT2D eigenvalue weighted by Crippen LogP contribution is 2.38. The summed E-state index contributed by atoms with van der Waals surface area (Å²) in [6, 6.07) is 20.2. The first-order valence-corrected chi connectivity index (χ1v) is 13.7. The second-order valence-electron chi connectivity index (χ2n) is 9.98. The average molecular weight is 559 g/mol. The van der Waals surface area contributed by atoms with Gasteiger partial charge in [-0.3, -0.25) is 19.8 Å². The smallest absolute Gasteiger partial charge is 0.270 e. The first-order valence-electron chi connectivity index (χ1n) is 13.7. The molecule has 1 atom stereocenters. The lowest BCUT2D eigenvalue weighted by Crippen LogP contribution is -2.41. The van der Waals surface area contributed by atoms with Crippen LogP contribution >= 0.6 is 0 Å². The van der Waals surface area contributed by atoms with E-state index in [9.17, 15) is 14.9 Å². The number of hydrogen-bond acceptors (Lipinski definition) is 7. The first kappa shape index (κ1) is 28.1. The molecule has 1 unspecified atom stereocenters. The van der Waals surface area contributed by atoms with Crippen molar-refractivity contribution >= 4 is 22.5 Å². The molecule has 41 heavy (non-hydrogen) atoms. The van der Waals surface area contributed by atoms with Crippen LogP contribution in [0.3, 0.4) is 0 Å². The molecule has 2 heterocycles. The molecule has 1 aliphatic rings. The highest BCUT2D eigenvalue weighted by molar-refractivity contribution is 5.87. The summed E-state index contributed by atoms with van der Waals surface area (Å²) in [5, 5.41) is 15.3. The number of morpholine rings is 1. The molecule has 0 spiro atoms. The summed E-state index contributed by atoms with van der Waals surface area (Å²) < 4.78 is 17.1. The van der Waals surface area contributed by atoms with E-state index in [1.807, 2.05) is 54.7 Å². The molecule has 1 aromatic heterocycles. The van der Waals surface area contributed by atoms with Crippen LogP contribution in [0.5, 0.6) is 11.5 Å². The molecular formula is C31H34N4O6. The van der Waals surface area contributed by atoms with Crippen LogP contribution in [0.15, 0.2) is 72.9 Å². The van der Waals surface area contributed by atoms with Crippen molar-refractivity contribution in [2.24, 2.45) is 0 Å². The molecule has 3 aromatic carbocycles. The van der Waals surface area contributed by atoms with E-state index in [1.54, 1.807) is 19.2 Å². The third-order valence-corrected chi connectivity index (χ3v) is 7.35. The van der Waals surface area contributed by atoms with Crippen LogP contribution in [0.25, 0.3) is 10.9 Å². The molecule has 2 N–H and O–H groups in total. The third-order valence-electron chi connectivity index (χ3n) is 7.35. The zero-order chi connectivity index (χ0) is 28.6. The van der Waals surface area contributed by atoms with E-state index in [4.69, 9.17) is 14.2 Å². The number of nitrogens with zero attached hydrogens (tertiary/aromatic N) is 2. The van der Waals surface area contributed by atoms with Gasteiger partial charge in [-0.25, -0.2) is 0 Å². The van der Waals surface area contributed by atoms with Crippen LogP contribution in [0.2, 0.25) is 0 Å². The van der Waals surface area contributed by atoms with Gasteiger partial charge in [0.15, 0.2) is 11.5 Å². The minimum absolute atomic E-state index is 0.00527. The fraction of sp³-hybridized carbons (Fsp3) is 0.323. The molecule has 0 radical (unpaired) electrons. The molecule has 5 rings (SSSR count). The average Bonchev–Trinajstić information content (AvgIpc) is 3.43. The van der Waals surface area contributed by atoms with Gasteiger partial charge < -0.3 is 24.5 Å². The number of nitro groups is 1. The molecule has 1 aliphatic heterocycles. The standard InChI is InChI=1S/C31H34N4O6/c1-39-30-17-23(7-10-29(30)41-21-22-5-3-2-4-6-22)25(19-31(36)32-11-12-34-13-15-40-16-14-34)27-20-33-28-9-8-24(35(37)38)18-26(27)28/h2-10,17-18,20,25,33H,11-16,19,21H2,1H3,(H,32,36). The lowest BCUT2D eigenvalue weighted by molar-refractivity contribution is -0.384. The Morgan fingerprint density at radius 3 is 2.66 bits per heavy atom. The van der Waals surface area contributed by atoms with Gasteiger partial charge in [0.2, 0.25) is 5.91 Å². The minimum atomic E-state index is -0.411. The van der Waals surface area contributed by atoms with Crippen LogP contribution in [0, 0.1) is 10.1 Å². The minimum Gasteiger partial charge on any atom is -0.493 e. The van der Waals surface area contributed by atoms with Crippen molar-refractivity contribution in [3.8, 4) is 11.5 Å². The summed E-state index contributed by atoms with van der Waals surface area (Å²) >= 11 is 0. The number of rotatable bonds is 12. The van der Waals surface area contributed by atoms with E-state index in [1.165, 1.54) is 6.07 Å². The molecule has 0 saturated carbocycles. The Morgan fingerprint density at radius 1 is 1.10 bits per heavy atom. The molecule has 10 nitrogen and oxygen atoms in total. The lowest BCUT2D eigenvalue weighted by Gasteiger charge is -2.26. The number of hydrogen-bond donors (Lipinski definition) is 2. The molecule has 214 valence electrons. The fourth-order valence-electron chi connectivity index (χ4n) is 5.13. The van der Waals surface area contributed by atoms with Crippen LogP contribution in [-0.2, 0) is 16.1 Å². The van der Waals surface area contributed by atoms with Crippen molar-refractivity contribution in [3.05, 3.63) is 99.7 Å². The summed E-state index contributed by atoms with van der Waals surface area (Å²) in [5.74, 6) is 0.642. The summed E-state index contributed by atoms with van der Waals surface area (Å²) in [4.78, 5) is 29.8. The van der Waals surface area contributed by atoms with E-state index in [0.29, 0.717) is 43.3 Å². The number of H-pyrrole nitrogens is 1. The number of carbonyl (C=O) groups excluding carboxylic acids is 1. The number of aromatic amines is 1. The summed E-state index contributed by atoms with van der Waals surface area (Å²) in [5.41, 5.74) is 3.43. The molecule has 10 heteroatoms. The maximum Gasteiger partial charge on any atom is 0.270 e. The predicted octanol–water partition coefficient (Wildman–Crippen LogP) is 4.63. The highest BCUT2D eigenvalue weighted by Gasteiger charge is 2.24. The van der Waals surface area contributed by atoms with E-state index < -0.39 is 4.92 Å². The van der Waals surface area contributed by atoms with Crippen molar-refractivity contribution in [3.63, 3.8) is 0 Å². The van der Waals surface area contributed by atoms with Crippen LogP contribution in [-0.4, -0.2) is 67.2 Å². The molecular weight excluding hydrogens is 524 g/mol. The van der Waals surface area contributed by atoms with E-state index >= 15 is 0 Å². The first-order chi connectivity index (χ1) is 20.0. The normalized spacial score (nSPS) is 14.5. The SMILES string of the molecule is COc1cc(C(CC(=O)NCCN2CCOCC2)c2c[nH]c3ccc([N+](=O)[O-])cc23)ccc1OCc1ccccc1. The monoisotopic (exact) mass is 558 g/mol. The van der Waals surface area contributed by atoms with Gasteiger partial charge in [-0.05, 0) is 34.9 Å².